The van der Waals surface area contributed by atoms with Crippen LogP contribution in [0.4, 0.5) is 10.5 Å². The molecule has 6 nitrogen and oxygen atoms in total. The molecule has 1 aliphatic rings. The Morgan fingerprint density at radius 3 is 2.63 bits per heavy atom. The van der Waals surface area contributed by atoms with Crippen molar-refractivity contribution in [3.8, 4) is 10.9 Å². The molecule has 0 radical (unpaired) electrons. The Labute approximate surface area is 180 Å². The minimum atomic E-state index is -0.105. The molecular weight excluding hydrogens is 398 g/mol. The zero-order valence-electron chi connectivity index (χ0n) is 17.6. The minimum Gasteiger partial charge on any atom is -0.492 e. The molecule has 1 saturated heterocycles. The summed E-state index contributed by atoms with van der Waals surface area (Å²) in [6, 6.07) is 11.6. The number of hydrogen-bond donors (Lipinski definition) is 1. The number of para-hydroxylation sites is 2. The van der Waals surface area contributed by atoms with E-state index in [2.05, 4.69) is 31.3 Å². The number of carbonyl (C=O) groups is 1. The number of aromatic nitrogens is 1. The Morgan fingerprint density at radius 1 is 1.17 bits per heavy atom. The maximum Gasteiger partial charge on any atom is 0.321 e. The number of hydrogen-bond acceptors (Lipinski definition) is 5. The quantitative estimate of drug-likeness (QED) is 0.595. The number of piperidine rings is 1. The molecule has 1 aliphatic heterocycles. The second-order valence-electron chi connectivity index (χ2n) is 7.52. The van der Waals surface area contributed by atoms with Crippen LogP contribution in [0, 0.1) is 13.8 Å². The van der Waals surface area contributed by atoms with E-state index in [0.717, 1.165) is 23.6 Å². The number of carbonyl (C=O) groups excluding carboxylic acids is 1. The molecule has 0 atom stereocenters. The summed E-state index contributed by atoms with van der Waals surface area (Å²) < 4.78 is 13.0. The highest BCUT2D eigenvalue weighted by molar-refractivity contribution is 7.20. The number of ether oxygens (including phenoxy) is 2. The van der Waals surface area contributed by atoms with Gasteiger partial charge in [-0.05, 0) is 44.0 Å². The standard InChI is InChI=1S/C23H27N3O3S/c1-4-28-19-8-6-5-7-18(19)24-22(27)26-13-11-17(12-14-26)29-23-25-20-15(2)9-10-16(3)21(20)30-23/h5-10,17H,4,11-14H2,1-3H3,(H,24,27). The van der Waals surface area contributed by atoms with E-state index in [1.54, 1.807) is 11.3 Å². The molecule has 0 aliphatic carbocycles. The number of thiazole rings is 1. The largest absolute Gasteiger partial charge is 0.492 e. The first kappa shape index (κ1) is 20.5. The van der Waals surface area contributed by atoms with E-state index in [9.17, 15) is 4.79 Å². The van der Waals surface area contributed by atoms with Crippen LogP contribution in [-0.4, -0.2) is 41.7 Å². The fourth-order valence-electron chi connectivity index (χ4n) is 3.65. The van der Waals surface area contributed by atoms with Crippen molar-refractivity contribution in [1.82, 2.24) is 9.88 Å². The Kier molecular flexibility index (Phi) is 6.08. The van der Waals surface area contributed by atoms with E-state index in [1.807, 2.05) is 36.1 Å². The zero-order valence-corrected chi connectivity index (χ0v) is 18.4. The second kappa shape index (κ2) is 8.92. The maximum absolute atomic E-state index is 12.7. The Morgan fingerprint density at radius 2 is 1.90 bits per heavy atom. The van der Waals surface area contributed by atoms with Crippen LogP contribution in [0.25, 0.3) is 10.2 Å². The summed E-state index contributed by atoms with van der Waals surface area (Å²) in [5.41, 5.74) is 4.12. The minimum absolute atomic E-state index is 0.0749. The van der Waals surface area contributed by atoms with Gasteiger partial charge < -0.3 is 19.7 Å². The van der Waals surface area contributed by atoms with Crippen molar-refractivity contribution in [3.05, 3.63) is 47.5 Å². The van der Waals surface area contributed by atoms with Crippen molar-refractivity contribution in [3.63, 3.8) is 0 Å². The Balaban J connectivity index is 1.34. The van der Waals surface area contributed by atoms with Gasteiger partial charge >= 0.3 is 6.03 Å². The van der Waals surface area contributed by atoms with Gasteiger partial charge in [-0.25, -0.2) is 9.78 Å². The molecule has 0 unspecified atom stereocenters. The number of fused-ring (bicyclic) bond motifs is 1. The average Bonchev–Trinajstić information content (AvgIpc) is 3.18. The molecule has 0 spiro atoms. The highest BCUT2D eigenvalue weighted by Crippen LogP contribution is 2.33. The third kappa shape index (κ3) is 4.36. The fraction of sp³-hybridized carbons (Fsp3) is 0.391. The van der Waals surface area contributed by atoms with Gasteiger partial charge in [-0.3, -0.25) is 0 Å². The molecule has 2 aromatic carbocycles. The molecule has 0 saturated carbocycles. The second-order valence-corrected chi connectivity index (χ2v) is 8.48. The summed E-state index contributed by atoms with van der Waals surface area (Å²) in [6.45, 7) is 7.96. The van der Waals surface area contributed by atoms with Gasteiger partial charge in [0.05, 0.1) is 22.5 Å². The van der Waals surface area contributed by atoms with Crippen LogP contribution in [0.5, 0.6) is 10.9 Å². The van der Waals surface area contributed by atoms with Gasteiger partial charge in [0.15, 0.2) is 0 Å². The summed E-state index contributed by atoms with van der Waals surface area (Å²) in [5.74, 6) is 0.688. The SMILES string of the molecule is CCOc1ccccc1NC(=O)N1CCC(Oc2nc3c(C)ccc(C)c3s2)CC1. The highest BCUT2D eigenvalue weighted by Gasteiger charge is 2.25. The van der Waals surface area contributed by atoms with Gasteiger partial charge in [0, 0.05) is 25.9 Å². The molecule has 30 heavy (non-hydrogen) atoms. The molecule has 3 aromatic rings. The lowest BCUT2D eigenvalue weighted by molar-refractivity contribution is 0.115. The summed E-state index contributed by atoms with van der Waals surface area (Å²) in [6.07, 6.45) is 1.65. The van der Waals surface area contributed by atoms with Gasteiger partial charge in [-0.2, -0.15) is 0 Å². The van der Waals surface area contributed by atoms with Crippen molar-refractivity contribution < 1.29 is 14.3 Å². The molecule has 2 heterocycles. The van der Waals surface area contributed by atoms with Crippen molar-refractivity contribution in [2.75, 3.05) is 25.0 Å². The first-order chi connectivity index (χ1) is 14.5. The molecule has 1 aromatic heterocycles. The molecule has 0 bridgehead atoms. The topological polar surface area (TPSA) is 63.7 Å². The normalized spacial score (nSPS) is 14.7. The van der Waals surface area contributed by atoms with E-state index < -0.39 is 0 Å². The van der Waals surface area contributed by atoms with Gasteiger partial charge in [-0.1, -0.05) is 35.6 Å². The number of benzene rings is 2. The van der Waals surface area contributed by atoms with Gasteiger partial charge in [0.2, 0.25) is 0 Å². The zero-order chi connectivity index (χ0) is 21.1. The number of nitrogens with zero attached hydrogens (tertiary/aromatic N) is 2. The third-order valence-electron chi connectivity index (χ3n) is 5.35. The number of urea groups is 1. The Bertz CT molecular complexity index is 1000. The third-order valence-corrected chi connectivity index (χ3v) is 6.43. The van der Waals surface area contributed by atoms with Crippen LogP contribution >= 0.6 is 11.3 Å². The van der Waals surface area contributed by atoms with E-state index in [4.69, 9.17) is 14.5 Å². The van der Waals surface area contributed by atoms with E-state index >= 15 is 0 Å². The van der Waals surface area contributed by atoms with E-state index in [-0.39, 0.29) is 12.1 Å². The van der Waals surface area contributed by atoms with Crippen molar-refractivity contribution in [1.29, 1.82) is 0 Å². The van der Waals surface area contributed by atoms with Crippen molar-refractivity contribution in [2.24, 2.45) is 0 Å². The first-order valence-corrected chi connectivity index (χ1v) is 11.2. The molecule has 4 rings (SSSR count). The smallest absolute Gasteiger partial charge is 0.321 e. The lowest BCUT2D eigenvalue weighted by atomic mass is 10.1. The van der Waals surface area contributed by atoms with Gasteiger partial charge in [-0.15, -0.1) is 0 Å². The van der Waals surface area contributed by atoms with Crippen LogP contribution in [-0.2, 0) is 0 Å². The number of aryl methyl sites for hydroxylation is 2. The first-order valence-electron chi connectivity index (χ1n) is 10.4. The van der Waals surface area contributed by atoms with Crippen LogP contribution in [0.3, 0.4) is 0 Å². The lowest BCUT2D eigenvalue weighted by Gasteiger charge is -2.31. The molecule has 2 amide bonds. The number of amides is 2. The molecular formula is C23H27N3O3S. The molecule has 158 valence electrons. The summed E-state index contributed by atoms with van der Waals surface area (Å²) in [4.78, 5) is 19.2. The summed E-state index contributed by atoms with van der Waals surface area (Å²) >= 11 is 1.61. The van der Waals surface area contributed by atoms with E-state index in [0.29, 0.717) is 31.1 Å². The van der Waals surface area contributed by atoms with Crippen molar-refractivity contribution in [2.45, 2.75) is 39.7 Å². The van der Waals surface area contributed by atoms with Crippen molar-refractivity contribution >= 4 is 33.3 Å². The molecule has 1 fully saturated rings. The molecule has 1 N–H and O–H groups in total. The monoisotopic (exact) mass is 425 g/mol. The number of nitrogens with one attached hydrogen (secondary N) is 1. The van der Waals surface area contributed by atoms with Gasteiger partial charge in [0.1, 0.15) is 11.9 Å². The van der Waals surface area contributed by atoms with Crippen LogP contribution in [0.15, 0.2) is 36.4 Å². The maximum atomic E-state index is 12.7. The number of rotatable bonds is 5. The van der Waals surface area contributed by atoms with Gasteiger partial charge in [0.25, 0.3) is 5.19 Å². The average molecular weight is 426 g/mol. The predicted molar refractivity (Wildman–Crippen MR) is 121 cm³/mol. The Hall–Kier alpha value is -2.80. The number of likely N-dealkylation sites (tertiary alicyclic amines) is 1. The predicted octanol–water partition coefficient (Wildman–Crippen LogP) is 5.39. The highest BCUT2D eigenvalue weighted by atomic mass is 32.1. The number of anilines is 1. The fourth-order valence-corrected chi connectivity index (χ4v) is 4.68. The van der Waals surface area contributed by atoms with Crippen LogP contribution < -0.4 is 14.8 Å². The summed E-state index contributed by atoms with van der Waals surface area (Å²) in [5, 5.41) is 3.69. The molecule has 7 heteroatoms. The lowest BCUT2D eigenvalue weighted by Crippen LogP contribution is -2.43. The van der Waals surface area contributed by atoms with E-state index in [1.165, 1.54) is 15.8 Å². The summed E-state index contributed by atoms with van der Waals surface area (Å²) in [7, 11) is 0. The van der Waals surface area contributed by atoms with Crippen LogP contribution in [0.1, 0.15) is 30.9 Å². The van der Waals surface area contributed by atoms with Crippen LogP contribution in [0.2, 0.25) is 0 Å².